The molecule has 0 bridgehead atoms. The summed E-state index contributed by atoms with van der Waals surface area (Å²) in [4.78, 5) is 17.2. The van der Waals surface area contributed by atoms with E-state index in [1.54, 1.807) is 11.6 Å². The summed E-state index contributed by atoms with van der Waals surface area (Å²) in [6.45, 7) is 1.79. The molecule has 134 valence electrons. The molecule has 0 saturated heterocycles. The van der Waals surface area contributed by atoms with Gasteiger partial charge in [-0.2, -0.15) is 5.10 Å². The predicted molar refractivity (Wildman–Crippen MR) is 103 cm³/mol. The molecule has 2 aromatic heterocycles. The summed E-state index contributed by atoms with van der Waals surface area (Å²) in [6, 6.07) is 15.6. The first-order chi connectivity index (χ1) is 13.0. The second-order valence-electron chi connectivity index (χ2n) is 6.00. The molecule has 0 aliphatic heterocycles. The second kappa shape index (κ2) is 6.81. The molecule has 0 spiro atoms. The number of rotatable bonds is 3. The average molecular weight is 381 g/mol. The maximum absolute atomic E-state index is 13.3. The topological polar surface area (TPSA) is 59.8 Å². The van der Waals surface area contributed by atoms with Crippen LogP contribution in [0.4, 0.5) is 10.1 Å². The molecule has 0 fully saturated rings. The number of hydrogen-bond acceptors (Lipinski definition) is 3. The number of nitrogens with zero attached hydrogens (tertiary/aromatic N) is 3. The lowest BCUT2D eigenvalue weighted by Gasteiger charge is -2.07. The Balaban J connectivity index is 1.64. The Morgan fingerprint density at radius 2 is 1.96 bits per heavy atom. The lowest BCUT2D eigenvalue weighted by atomic mass is 10.2. The van der Waals surface area contributed by atoms with Gasteiger partial charge in [-0.1, -0.05) is 29.8 Å². The average Bonchev–Trinajstić information content (AvgIpc) is 3.06. The molecule has 4 aromatic rings. The van der Waals surface area contributed by atoms with E-state index in [4.69, 9.17) is 11.6 Å². The van der Waals surface area contributed by atoms with Crippen molar-refractivity contribution in [3.63, 3.8) is 0 Å². The van der Waals surface area contributed by atoms with Gasteiger partial charge in [-0.25, -0.2) is 14.1 Å². The van der Waals surface area contributed by atoms with Crippen LogP contribution in [-0.2, 0) is 0 Å². The van der Waals surface area contributed by atoms with Crippen molar-refractivity contribution in [1.29, 1.82) is 0 Å². The smallest absolute Gasteiger partial charge is 0.259 e. The minimum atomic E-state index is -0.541. The van der Waals surface area contributed by atoms with E-state index in [0.29, 0.717) is 22.8 Å². The number of para-hydroxylation sites is 1. The fourth-order valence-electron chi connectivity index (χ4n) is 2.81. The van der Waals surface area contributed by atoms with Crippen molar-refractivity contribution in [1.82, 2.24) is 14.8 Å². The first-order valence-electron chi connectivity index (χ1n) is 8.20. The highest BCUT2D eigenvalue weighted by atomic mass is 35.5. The second-order valence-corrected chi connectivity index (χ2v) is 6.41. The van der Waals surface area contributed by atoms with Gasteiger partial charge in [0, 0.05) is 11.1 Å². The highest BCUT2D eigenvalue weighted by Gasteiger charge is 2.16. The Morgan fingerprint density at radius 1 is 1.15 bits per heavy atom. The van der Waals surface area contributed by atoms with Crippen LogP contribution in [0.15, 0.2) is 60.8 Å². The number of hydrogen-bond donors (Lipinski definition) is 1. The number of carbonyl (C=O) groups is 1. The van der Waals surface area contributed by atoms with Gasteiger partial charge in [-0.15, -0.1) is 0 Å². The number of nitrogens with one attached hydrogen (secondary N) is 1. The Labute approximate surface area is 159 Å². The van der Waals surface area contributed by atoms with Crippen LogP contribution in [0.1, 0.15) is 16.1 Å². The molecule has 0 aliphatic carbocycles. The lowest BCUT2D eigenvalue weighted by Crippen LogP contribution is -2.13. The summed E-state index contributed by atoms with van der Waals surface area (Å²) < 4.78 is 14.9. The van der Waals surface area contributed by atoms with Crippen molar-refractivity contribution in [2.24, 2.45) is 0 Å². The standard InChI is InChI=1S/C20H14ClFN4O/c1-12-15(20(27)24-14-7-8-17(22)16(21)10-14)11-23-26(12)19-9-6-13-4-2-3-5-18(13)25-19/h2-11H,1H3,(H,24,27). The van der Waals surface area contributed by atoms with E-state index in [1.165, 1.54) is 24.4 Å². The predicted octanol–water partition coefficient (Wildman–Crippen LogP) is 4.77. The highest BCUT2D eigenvalue weighted by Crippen LogP contribution is 2.21. The summed E-state index contributed by atoms with van der Waals surface area (Å²) in [5, 5.41) is 7.96. The number of aromatic nitrogens is 3. The van der Waals surface area contributed by atoms with E-state index in [1.807, 2.05) is 36.4 Å². The molecular formula is C20H14ClFN4O. The first-order valence-corrected chi connectivity index (χ1v) is 8.58. The van der Waals surface area contributed by atoms with Crippen LogP contribution in [-0.4, -0.2) is 20.7 Å². The minimum Gasteiger partial charge on any atom is -0.322 e. The van der Waals surface area contributed by atoms with Crippen molar-refractivity contribution >= 4 is 34.1 Å². The number of carbonyl (C=O) groups excluding carboxylic acids is 1. The third kappa shape index (κ3) is 3.27. The van der Waals surface area contributed by atoms with Gasteiger partial charge in [0.25, 0.3) is 5.91 Å². The largest absolute Gasteiger partial charge is 0.322 e. The third-order valence-corrected chi connectivity index (χ3v) is 4.52. The number of amides is 1. The van der Waals surface area contributed by atoms with Crippen LogP contribution in [0.25, 0.3) is 16.7 Å². The summed E-state index contributed by atoms with van der Waals surface area (Å²) in [6.07, 6.45) is 1.48. The third-order valence-electron chi connectivity index (χ3n) is 4.23. The maximum Gasteiger partial charge on any atom is 0.259 e. The Bertz CT molecular complexity index is 1170. The van der Waals surface area contributed by atoms with Crippen molar-refractivity contribution in [3.8, 4) is 5.82 Å². The molecule has 1 N–H and O–H groups in total. The molecular weight excluding hydrogens is 367 g/mol. The molecule has 2 heterocycles. The maximum atomic E-state index is 13.3. The van der Waals surface area contributed by atoms with Crippen LogP contribution in [0.5, 0.6) is 0 Å². The van der Waals surface area contributed by atoms with Gasteiger partial charge < -0.3 is 5.32 Å². The van der Waals surface area contributed by atoms with Crippen LogP contribution in [0, 0.1) is 12.7 Å². The number of benzene rings is 2. The van der Waals surface area contributed by atoms with Gasteiger partial charge in [-0.3, -0.25) is 4.79 Å². The van der Waals surface area contributed by atoms with Crippen molar-refractivity contribution in [3.05, 3.63) is 82.9 Å². The van der Waals surface area contributed by atoms with Crippen molar-refractivity contribution in [2.45, 2.75) is 6.92 Å². The van der Waals surface area contributed by atoms with E-state index in [9.17, 15) is 9.18 Å². The first kappa shape index (κ1) is 17.2. The van der Waals surface area contributed by atoms with Gasteiger partial charge in [0.2, 0.25) is 0 Å². The molecule has 5 nitrogen and oxygen atoms in total. The van der Waals surface area contributed by atoms with Gasteiger partial charge in [0.15, 0.2) is 5.82 Å². The molecule has 0 radical (unpaired) electrons. The van der Waals surface area contributed by atoms with Crippen molar-refractivity contribution < 1.29 is 9.18 Å². The molecule has 7 heteroatoms. The molecule has 0 aliphatic rings. The summed E-state index contributed by atoms with van der Waals surface area (Å²) in [5.74, 6) is -0.279. The Kier molecular flexibility index (Phi) is 4.33. The fraction of sp³-hybridized carbons (Fsp3) is 0.0500. The van der Waals surface area contributed by atoms with Crippen LogP contribution >= 0.6 is 11.6 Å². The van der Waals surface area contributed by atoms with Gasteiger partial charge >= 0.3 is 0 Å². The summed E-state index contributed by atoms with van der Waals surface area (Å²) in [7, 11) is 0. The van der Waals surface area contributed by atoms with E-state index >= 15 is 0 Å². The van der Waals surface area contributed by atoms with E-state index in [0.717, 1.165) is 10.9 Å². The molecule has 1 amide bonds. The molecule has 2 aromatic carbocycles. The molecule has 27 heavy (non-hydrogen) atoms. The lowest BCUT2D eigenvalue weighted by molar-refractivity contribution is 0.102. The molecule has 0 atom stereocenters. The van der Waals surface area contributed by atoms with Gasteiger partial charge in [0.1, 0.15) is 5.82 Å². The summed E-state index contributed by atoms with van der Waals surface area (Å²) in [5.41, 5.74) is 2.29. The normalized spacial score (nSPS) is 10.9. The quantitative estimate of drug-likeness (QED) is 0.556. The monoisotopic (exact) mass is 380 g/mol. The molecule has 4 rings (SSSR count). The van der Waals surface area contributed by atoms with Crippen molar-refractivity contribution in [2.75, 3.05) is 5.32 Å². The number of fused-ring (bicyclic) bond motifs is 1. The number of anilines is 1. The highest BCUT2D eigenvalue weighted by molar-refractivity contribution is 6.31. The van der Waals surface area contributed by atoms with E-state index in [2.05, 4.69) is 15.4 Å². The number of pyridine rings is 1. The van der Waals surface area contributed by atoms with Gasteiger partial charge in [-0.05, 0) is 43.3 Å². The minimum absolute atomic E-state index is 0.0550. The molecule has 0 unspecified atom stereocenters. The number of halogens is 2. The molecule has 0 saturated carbocycles. The van der Waals surface area contributed by atoms with E-state index in [-0.39, 0.29) is 10.9 Å². The van der Waals surface area contributed by atoms with E-state index < -0.39 is 5.82 Å². The zero-order chi connectivity index (χ0) is 19.0. The SMILES string of the molecule is Cc1c(C(=O)Nc2ccc(F)c(Cl)c2)cnn1-c1ccc2ccccc2n1. The fourth-order valence-corrected chi connectivity index (χ4v) is 2.99. The van der Waals surface area contributed by atoms with Crippen LogP contribution < -0.4 is 5.32 Å². The Hall–Kier alpha value is -3.25. The van der Waals surface area contributed by atoms with Gasteiger partial charge in [0.05, 0.1) is 28.0 Å². The Morgan fingerprint density at radius 3 is 2.78 bits per heavy atom. The van der Waals surface area contributed by atoms with Crippen LogP contribution in [0.3, 0.4) is 0 Å². The zero-order valence-electron chi connectivity index (χ0n) is 14.3. The van der Waals surface area contributed by atoms with Crippen LogP contribution in [0.2, 0.25) is 5.02 Å². The zero-order valence-corrected chi connectivity index (χ0v) is 15.0. The summed E-state index contributed by atoms with van der Waals surface area (Å²) >= 11 is 5.76.